The van der Waals surface area contributed by atoms with Crippen LogP contribution in [0.4, 0.5) is 0 Å². The highest BCUT2D eigenvalue weighted by atomic mass is 32.2. The van der Waals surface area contributed by atoms with E-state index in [9.17, 15) is 4.79 Å². The van der Waals surface area contributed by atoms with E-state index in [1.54, 1.807) is 11.8 Å². The summed E-state index contributed by atoms with van der Waals surface area (Å²) < 4.78 is 0. The largest absolute Gasteiger partial charge is 0.480 e. The summed E-state index contributed by atoms with van der Waals surface area (Å²) in [5, 5.41) is 8.97. The van der Waals surface area contributed by atoms with Crippen LogP contribution in [0.25, 0.3) is 0 Å². The van der Waals surface area contributed by atoms with Gasteiger partial charge in [0.1, 0.15) is 6.04 Å². The lowest BCUT2D eigenvalue weighted by molar-refractivity contribution is -0.142. The third kappa shape index (κ3) is 3.24. The van der Waals surface area contributed by atoms with Gasteiger partial charge in [-0.15, -0.1) is 12.3 Å². The van der Waals surface area contributed by atoms with Crippen molar-refractivity contribution < 1.29 is 9.90 Å². The third-order valence-corrected chi connectivity index (χ3v) is 3.31. The minimum atomic E-state index is -0.710. The zero-order valence-electron chi connectivity index (χ0n) is 8.11. The number of unbranched alkanes of at least 4 members (excludes halogenated alkanes) is 1. The fraction of sp³-hybridized carbons (Fsp3) is 0.700. The predicted octanol–water partition coefficient (Wildman–Crippen LogP) is 0.902. The Morgan fingerprint density at radius 2 is 2.50 bits per heavy atom. The first-order valence-electron chi connectivity index (χ1n) is 4.73. The molecule has 1 unspecified atom stereocenters. The van der Waals surface area contributed by atoms with Crippen LogP contribution >= 0.6 is 11.8 Å². The molecule has 1 atom stereocenters. The van der Waals surface area contributed by atoms with Gasteiger partial charge in [0.25, 0.3) is 0 Å². The summed E-state index contributed by atoms with van der Waals surface area (Å²) >= 11 is 1.71. The summed E-state index contributed by atoms with van der Waals surface area (Å²) in [5.74, 6) is 3.59. The molecular formula is C10H15NO2S. The number of carboxylic acids is 1. The highest BCUT2D eigenvalue weighted by Gasteiger charge is 2.27. The number of hydrogen-bond acceptors (Lipinski definition) is 3. The molecule has 0 saturated carbocycles. The summed E-state index contributed by atoms with van der Waals surface area (Å²) in [7, 11) is 0. The topological polar surface area (TPSA) is 40.5 Å². The number of nitrogens with zero attached hydrogens (tertiary/aromatic N) is 1. The maximum absolute atomic E-state index is 10.9. The van der Waals surface area contributed by atoms with Gasteiger partial charge in [0, 0.05) is 24.5 Å². The molecule has 78 valence electrons. The first-order chi connectivity index (χ1) is 6.75. The van der Waals surface area contributed by atoms with Crippen molar-refractivity contribution in [1.29, 1.82) is 0 Å². The molecule has 1 rings (SSSR count). The molecule has 0 amide bonds. The Bertz CT molecular complexity index is 237. The van der Waals surface area contributed by atoms with Crippen LogP contribution in [0.5, 0.6) is 0 Å². The molecule has 0 aromatic carbocycles. The van der Waals surface area contributed by atoms with Gasteiger partial charge in [-0.25, -0.2) is 0 Å². The average molecular weight is 213 g/mol. The fourth-order valence-electron chi connectivity index (χ4n) is 1.52. The molecule has 0 spiro atoms. The SMILES string of the molecule is C#CCCCN1CCSCC1C(=O)O. The van der Waals surface area contributed by atoms with Crippen molar-refractivity contribution in [1.82, 2.24) is 4.90 Å². The van der Waals surface area contributed by atoms with Crippen LogP contribution in [0.15, 0.2) is 0 Å². The molecule has 3 nitrogen and oxygen atoms in total. The molecule has 0 aromatic rings. The van der Waals surface area contributed by atoms with E-state index in [0.29, 0.717) is 5.75 Å². The number of carboxylic acid groups (broad SMARTS) is 1. The second kappa shape index (κ2) is 5.94. The summed E-state index contributed by atoms with van der Waals surface area (Å²) in [5.41, 5.74) is 0. The molecule has 1 heterocycles. The van der Waals surface area contributed by atoms with E-state index in [0.717, 1.165) is 31.7 Å². The molecule has 0 aliphatic carbocycles. The lowest BCUT2D eigenvalue weighted by Gasteiger charge is -2.32. The van der Waals surface area contributed by atoms with Gasteiger partial charge in [-0.1, -0.05) is 0 Å². The van der Waals surface area contributed by atoms with Crippen LogP contribution in [0.1, 0.15) is 12.8 Å². The van der Waals surface area contributed by atoms with E-state index >= 15 is 0 Å². The number of thioether (sulfide) groups is 1. The third-order valence-electron chi connectivity index (χ3n) is 2.29. The first-order valence-corrected chi connectivity index (χ1v) is 5.89. The van der Waals surface area contributed by atoms with Gasteiger partial charge >= 0.3 is 5.97 Å². The Morgan fingerprint density at radius 1 is 1.71 bits per heavy atom. The maximum atomic E-state index is 10.9. The van der Waals surface area contributed by atoms with Gasteiger partial charge in [-0.3, -0.25) is 9.69 Å². The summed E-state index contributed by atoms with van der Waals surface area (Å²) in [6.45, 7) is 1.67. The van der Waals surface area contributed by atoms with Gasteiger partial charge < -0.3 is 5.11 Å². The molecule has 1 fully saturated rings. The van der Waals surface area contributed by atoms with Crippen molar-refractivity contribution in [3.8, 4) is 12.3 Å². The number of hydrogen-bond donors (Lipinski definition) is 1. The molecule has 1 aliphatic rings. The standard InChI is InChI=1S/C10H15NO2S/c1-2-3-4-5-11-6-7-14-8-9(11)10(12)13/h1,9H,3-8H2,(H,12,13). The molecule has 1 saturated heterocycles. The summed E-state index contributed by atoms with van der Waals surface area (Å²) in [6, 6.07) is -0.313. The Kier molecular flexibility index (Phi) is 4.85. The van der Waals surface area contributed by atoms with Crippen molar-refractivity contribution in [3.05, 3.63) is 0 Å². The van der Waals surface area contributed by atoms with Gasteiger partial charge in [0.2, 0.25) is 0 Å². The molecular weight excluding hydrogens is 198 g/mol. The molecule has 0 radical (unpaired) electrons. The van der Waals surface area contributed by atoms with Gasteiger partial charge in [0.05, 0.1) is 0 Å². The molecule has 14 heavy (non-hydrogen) atoms. The number of rotatable bonds is 4. The Morgan fingerprint density at radius 3 is 3.14 bits per heavy atom. The molecule has 1 N–H and O–H groups in total. The second-order valence-corrected chi connectivity index (χ2v) is 4.42. The number of terminal acetylenes is 1. The molecule has 1 aliphatic heterocycles. The smallest absolute Gasteiger partial charge is 0.321 e. The van der Waals surface area contributed by atoms with E-state index < -0.39 is 5.97 Å². The maximum Gasteiger partial charge on any atom is 0.321 e. The zero-order chi connectivity index (χ0) is 10.4. The second-order valence-electron chi connectivity index (χ2n) is 3.27. The minimum absolute atomic E-state index is 0.313. The summed E-state index contributed by atoms with van der Waals surface area (Å²) in [4.78, 5) is 12.9. The van der Waals surface area contributed by atoms with E-state index in [1.165, 1.54) is 0 Å². The lowest BCUT2D eigenvalue weighted by atomic mass is 10.2. The number of aliphatic carboxylic acids is 1. The summed E-state index contributed by atoms with van der Waals surface area (Å²) in [6.07, 6.45) is 6.78. The zero-order valence-corrected chi connectivity index (χ0v) is 8.92. The van der Waals surface area contributed by atoms with Crippen LogP contribution in [-0.4, -0.2) is 46.6 Å². The lowest BCUT2D eigenvalue weighted by Crippen LogP contribution is -2.47. The van der Waals surface area contributed by atoms with Crippen LogP contribution < -0.4 is 0 Å². The first kappa shape index (κ1) is 11.4. The fourth-order valence-corrected chi connectivity index (χ4v) is 2.62. The van der Waals surface area contributed by atoms with Crippen LogP contribution in [0.2, 0.25) is 0 Å². The van der Waals surface area contributed by atoms with E-state index in [1.807, 2.05) is 4.90 Å². The van der Waals surface area contributed by atoms with Crippen LogP contribution in [-0.2, 0) is 4.79 Å². The van der Waals surface area contributed by atoms with Crippen molar-refractivity contribution in [3.63, 3.8) is 0 Å². The van der Waals surface area contributed by atoms with E-state index in [4.69, 9.17) is 11.5 Å². The number of carbonyl (C=O) groups is 1. The van der Waals surface area contributed by atoms with Gasteiger partial charge in [0.15, 0.2) is 0 Å². The average Bonchev–Trinajstić information content (AvgIpc) is 2.19. The highest BCUT2D eigenvalue weighted by Crippen LogP contribution is 2.16. The van der Waals surface area contributed by atoms with Gasteiger partial charge in [-0.2, -0.15) is 11.8 Å². The van der Waals surface area contributed by atoms with Crippen molar-refractivity contribution in [2.45, 2.75) is 18.9 Å². The highest BCUT2D eigenvalue weighted by molar-refractivity contribution is 7.99. The molecule has 0 bridgehead atoms. The predicted molar refractivity (Wildman–Crippen MR) is 58.4 cm³/mol. The minimum Gasteiger partial charge on any atom is -0.480 e. The Balaban J connectivity index is 2.38. The van der Waals surface area contributed by atoms with E-state index in [-0.39, 0.29) is 6.04 Å². The van der Waals surface area contributed by atoms with Crippen LogP contribution in [0.3, 0.4) is 0 Å². The quantitative estimate of drug-likeness (QED) is 0.556. The van der Waals surface area contributed by atoms with Crippen molar-refractivity contribution in [2.24, 2.45) is 0 Å². The van der Waals surface area contributed by atoms with Crippen molar-refractivity contribution >= 4 is 17.7 Å². The van der Waals surface area contributed by atoms with E-state index in [2.05, 4.69) is 5.92 Å². The van der Waals surface area contributed by atoms with Gasteiger partial charge in [-0.05, 0) is 13.0 Å². The monoisotopic (exact) mass is 213 g/mol. The molecule has 4 heteroatoms. The van der Waals surface area contributed by atoms with Crippen LogP contribution in [0, 0.1) is 12.3 Å². The molecule has 0 aromatic heterocycles. The Labute approximate surface area is 88.9 Å². The normalized spacial score (nSPS) is 22.9. The Hall–Kier alpha value is -0.660. The van der Waals surface area contributed by atoms with Crippen molar-refractivity contribution in [2.75, 3.05) is 24.6 Å².